The zero-order chi connectivity index (χ0) is 19.5. The van der Waals surface area contributed by atoms with E-state index >= 15 is 0 Å². The largest absolute Gasteiger partial charge is 0.349 e. The van der Waals surface area contributed by atoms with Crippen LogP contribution in [-0.2, 0) is 24.2 Å². The molecule has 2 aromatic heterocycles. The topological polar surface area (TPSA) is 64.0 Å². The van der Waals surface area contributed by atoms with Crippen LogP contribution in [0.25, 0.3) is 0 Å². The quantitative estimate of drug-likeness (QED) is 0.492. The number of amides is 1. The number of carbonyl (C=O) groups excluding carboxylic acids is 1. The molecule has 144 valence electrons. The Bertz CT molecular complexity index is 1060. The maximum atomic E-state index is 13.2. The number of anilines is 1. The van der Waals surface area contributed by atoms with E-state index in [4.69, 9.17) is 0 Å². The molecule has 0 saturated heterocycles. The fourth-order valence-electron chi connectivity index (χ4n) is 3.32. The van der Waals surface area contributed by atoms with Crippen LogP contribution in [0.15, 0.2) is 51.6 Å². The molecule has 1 N–H and O–H groups in total. The number of halogens is 1. The van der Waals surface area contributed by atoms with Crippen LogP contribution in [0.1, 0.15) is 22.6 Å². The van der Waals surface area contributed by atoms with Gasteiger partial charge in [0.25, 0.3) is 0 Å². The van der Waals surface area contributed by atoms with Crippen molar-refractivity contribution in [3.63, 3.8) is 0 Å². The van der Waals surface area contributed by atoms with Crippen molar-refractivity contribution in [2.45, 2.75) is 30.8 Å². The van der Waals surface area contributed by atoms with Crippen LogP contribution < -0.4 is 11.0 Å². The lowest BCUT2D eigenvalue weighted by Gasteiger charge is -2.13. The van der Waals surface area contributed by atoms with Crippen LogP contribution in [0.2, 0.25) is 0 Å². The molecule has 1 aliphatic carbocycles. The number of thioether (sulfide) groups is 1. The second-order valence-corrected chi connectivity index (χ2v) is 8.49. The Balaban J connectivity index is 1.49. The molecule has 1 amide bonds. The molecule has 1 aliphatic rings. The van der Waals surface area contributed by atoms with Gasteiger partial charge in [-0.05, 0) is 48.9 Å². The van der Waals surface area contributed by atoms with Gasteiger partial charge in [-0.15, -0.1) is 11.3 Å². The molecular formula is C20H18FN3O2S2. The lowest BCUT2D eigenvalue weighted by atomic mass is 10.2. The van der Waals surface area contributed by atoms with Gasteiger partial charge in [-0.1, -0.05) is 23.9 Å². The first-order valence-electron chi connectivity index (χ1n) is 8.93. The van der Waals surface area contributed by atoms with Gasteiger partial charge in [0.15, 0.2) is 0 Å². The summed E-state index contributed by atoms with van der Waals surface area (Å²) in [5.41, 5.74) is 2.23. The number of aromatic nitrogens is 2. The predicted octanol–water partition coefficient (Wildman–Crippen LogP) is 3.71. The molecule has 0 spiro atoms. The second-order valence-electron chi connectivity index (χ2n) is 6.49. The number of hydrogen-bond donors (Lipinski definition) is 1. The summed E-state index contributed by atoms with van der Waals surface area (Å²) >= 11 is 2.88. The number of benzene rings is 1. The summed E-state index contributed by atoms with van der Waals surface area (Å²) in [4.78, 5) is 30.2. The first-order valence-corrected chi connectivity index (χ1v) is 10.8. The van der Waals surface area contributed by atoms with Gasteiger partial charge < -0.3 is 5.32 Å². The van der Waals surface area contributed by atoms with Crippen LogP contribution in [0.5, 0.6) is 0 Å². The van der Waals surface area contributed by atoms with Crippen molar-refractivity contribution >= 4 is 34.7 Å². The highest BCUT2D eigenvalue weighted by atomic mass is 32.2. The third kappa shape index (κ3) is 4.18. The third-order valence-electron chi connectivity index (χ3n) is 4.54. The average molecular weight is 416 g/mol. The second kappa shape index (κ2) is 8.28. The smallest absolute Gasteiger partial charge is 0.325 e. The standard InChI is InChI=1S/C20H18FN3O2S2/c21-13-4-1-5-14(10-13)22-18(25)12-28-19-16-7-2-8-17(16)24(20(26)23-19)11-15-6-3-9-27-15/h1,3-6,9-10H,2,7-8,11-12H2,(H,22,25). The van der Waals surface area contributed by atoms with Crippen molar-refractivity contribution in [3.8, 4) is 0 Å². The molecule has 5 nitrogen and oxygen atoms in total. The summed E-state index contributed by atoms with van der Waals surface area (Å²) in [5.74, 6) is -0.546. The first-order chi connectivity index (χ1) is 13.6. The van der Waals surface area contributed by atoms with Gasteiger partial charge in [-0.3, -0.25) is 9.36 Å². The van der Waals surface area contributed by atoms with Gasteiger partial charge in [0.05, 0.1) is 12.3 Å². The van der Waals surface area contributed by atoms with Gasteiger partial charge in [0, 0.05) is 21.8 Å². The van der Waals surface area contributed by atoms with Gasteiger partial charge in [-0.2, -0.15) is 4.98 Å². The molecule has 28 heavy (non-hydrogen) atoms. The third-order valence-corrected chi connectivity index (χ3v) is 6.42. The summed E-state index contributed by atoms with van der Waals surface area (Å²) < 4.78 is 15.0. The Kier molecular flexibility index (Phi) is 5.59. The van der Waals surface area contributed by atoms with Gasteiger partial charge in [-0.25, -0.2) is 9.18 Å². The first kappa shape index (κ1) is 18.9. The molecule has 0 atom stereocenters. The molecule has 3 aromatic rings. The average Bonchev–Trinajstić information content (AvgIpc) is 3.34. The maximum absolute atomic E-state index is 13.2. The number of thiophene rings is 1. The van der Waals surface area contributed by atoms with Crippen molar-refractivity contribution in [2.24, 2.45) is 0 Å². The van der Waals surface area contributed by atoms with Crippen molar-refractivity contribution in [3.05, 3.63) is 74.2 Å². The summed E-state index contributed by atoms with van der Waals surface area (Å²) in [5, 5.41) is 5.30. The molecule has 4 rings (SSSR count). The number of rotatable bonds is 6. The Hall–Kier alpha value is -2.45. The molecule has 0 fully saturated rings. The van der Waals surface area contributed by atoms with Crippen molar-refractivity contribution in [2.75, 3.05) is 11.1 Å². The van der Waals surface area contributed by atoms with E-state index in [1.165, 1.54) is 23.9 Å². The minimum absolute atomic E-state index is 0.115. The molecule has 0 unspecified atom stereocenters. The Morgan fingerprint density at radius 2 is 2.18 bits per heavy atom. The van der Waals surface area contributed by atoms with Crippen LogP contribution in [0.4, 0.5) is 10.1 Å². The molecular weight excluding hydrogens is 397 g/mol. The number of nitrogens with one attached hydrogen (secondary N) is 1. The van der Waals surface area contributed by atoms with Crippen molar-refractivity contribution < 1.29 is 9.18 Å². The number of fused-ring (bicyclic) bond motifs is 1. The van der Waals surface area contributed by atoms with E-state index in [0.29, 0.717) is 17.3 Å². The fourth-order valence-corrected chi connectivity index (χ4v) is 4.89. The summed E-state index contributed by atoms with van der Waals surface area (Å²) in [6.45, 7) is 0.539. The van der Waals surface area contributed by atoms with E-state index in [-0.39, 0.29) is 17.3 Å². The van der Waals surface area contributed by atoms with E-state index in [9.17, 15) is 14.0 Å². The molecule has 2 heterocycles. The molecule has 8 heteroatoms. The zero-order valence-electron chi connectivity index (χ0n) is 15.0. The van der Waals surface area contributed by atoms with Crippen LogP contribution in [0.3, 0.4) is 0 Å². The normalized spacial score (nSPS) is 12.8. The molecule has 0 radical (unpaired) electrons. The van der Waals surface area contributed by atoms with Gasteiger partial charge in [0.2, 0.25) is 5.91 Å². The highest BCUT2D eigenvalue weighted by molar-refractivity contribution is 8.00. The zero-order valence-corrected chi connectivity index (χ0v) is 16.6. The molecule has 1 aromatic carbocycles. The van der Waals surface area contributed by atoms with Crippen LogP contribution in [0, 0.1) is 5.82 Å². The van der Waals surface area contributed by atoms with Gasteiger partial charge >= 0.3 is 5.69 Å². The van der Waals surface area contributed by atoms with E-state index in [1.807, 2.05) is 17.5 Å². The highest BCUT2D eigenvalue weighted by Gasteiger charge is 2.22. The van der Waals surface area contributed by atoms with Gasteiger partial charge in [0.1, 0.15) is 10.8 Å². The summed E-state index contributed by atoms with van der Waals surface area (Å²) in [7, 11) is 0. The van der Waals surface area contributed by atoms with E-state index < -0.39 is 5.82 Å². The Morgan fingerprint density at radius 3 is 2.96 bits per heavy atom. The fraction of sp³-hybridized carbons (Fsp3) is 0.250. The Morgan fingerprint density at radius 1 is 1.29 bits per heavy atom. The minimum Gasteiger partial charge on any atom is -0.325 e. The monoisotopic (exact) mass is 415 g/mol. The van der Waals surface area contributed by atoms with E-state index in [1.54, 1.807) is 28.0 Å². The maximum Gasteiger partial charge on any atom is 0.349 e. The van der Waals surface area contributed by atoms with Crippen molar-refractivity contribution in [1.82, 2.24) is 9.55 Å². The van der Waals surface area contributed by atoms with Crippen LogP contribution >= 0.6 is 23.1 Å². The number of nitrogens with zero attached hydrogens (tertiary/aromatic N) is 2. The lowest BCUT2D eigenvalue weighted by molar-refractivity contribution is -0.113. The number of hydrogen-bond acceptors (Lipinski definition) is 5. The molecule has 0 aliphatic heterocycles. The molecule has 0 saturated carbocycles. The number of carbonyl (C=O) groups is 1. The lowest BCUT2D eigenvalue weighted by Crippen LogP contribution is -2.27. The SMILES string of the molecule is O=C(CSc1nc(=O)n(Cc2cccs2)c2c1CCC2)Nc1cccc(F)c1. The van der Waals surface area contributed by atoms with Crippen molar-refractivity contribution in [1.29, 1.82) is 0 Å². The minimum atomic E-state index is -0.403. The van der Waals surface area contributed by atoms with E-state index in [0.717, 1.165) is 35.4 Å². The Labute approximate surface area is 169 Å². The van der Waals surface area contributed by atoms with E-state index in [2.05, 4.69) is 10.3 Å². The molecule has 0 bridgehead atoms. The summed E-state index contributed by atoms with van der Waals surface area (Å²) in [6.07, 6.45) is 2.69. The highest BCUT2D eigenvalue weighted by Crippen LogP contribution is 2.29. The predicted molar refractivity (Wildman–Crippen MR) is 110 cm³/mol. The van der Waals surface area contributed by atoms with Crippen LogP contribution in [-0.4, -0.2) is 21.2 Å². The summed E-state index contributed by atoms with van der Waals surface area (Å²) in [6, 6.07) is 9.75.